The van der Waals surface area contributed by atoms with Gasteiger partial charge in [0.2, 0.25) is 0 Å². The number of unbranched alkanes of at least 4 members (excludes halogenated alkanes) is 6. The fourth-order valence-corrected chi connectivity index (χ4v) is 15.2. The van der Waals surface area contributed by atoms with Crippen molar-refractivity contribution >= 4 is 46.9 Å². The van der Waals surface area contributed by atoms with Crippen molar-refractivity contribution in [3.8, 4) is 0 Å². The van der Waals surface area contributed by atoms with Crippen molar-refractivity contribution in [1.29, 1.82) is 0 Å². The van der Waals surface area contributed by atoms with Crippen LogP contribution in [-0.4, -0.2) is 97.1 Å². The van der Waals surface area contributed by atoms with E-state index in [0.717, 1.165) is 161 Å². The molecule has 0 radical (unpaired) electrons. The normalized spacial score (nSPS) is 16.6. The maximum atomic E-state index is 12.7. The van der Waals surface area contributed by atoms with Crippen LogP contribution in [0.3, 0.4) is 0 Å². The van der Waals surface area contributed by atoms with Crippen LogP contribution in [0.5, 0.6) is 0 Å². The van der Waals surface area contributed by atoms with Crippen LogP contribution in [0.1, 0.15) is 251 Å². The van der Waals surface area contributed by atoms with Gasteiger partial charge in [0.15, 0.2) is 0 Å². The van der Waals surface area contributed by atoms with Crippen LogP contribution in [0, 0.1) is 40.9 Å². The summed E-state index contributed by atoms with van der Waals surface area (Å²) < 4.78 is 127. The zero-order valence-electron chi connectivity index (χ0n) is 58.2. The van der Waals surface area contributed by atoms with E-state index in [0.29, 0.717) is 26.4 Å². The van der Waals surface area contributed by atoms with E-state index in [9.17, 15) is 37.4 Å². The third-order valence-electron chi connectivity index (χ3n) is 15.0. The summed E-state index contributed by atoms with van der Waals surface area (Å²) in [4.78, 5) is 56.1. The quantitative estimate of drug-likeness (QED) is 0.0163. The molecule has 5 N–H and O–H groups in total. The molecule has 24 nitrogen and oxygen atoms in total. The van der Waals surface area contributed by atoms with Gasteiger partial charge < -0.3 is 43.9 Å². The molecule has 0 aromatic heterocycles. The van der Waals surface area contributed by atoms with Gasteiger partial charge in [-0.25, -0.2) is 27.1 Å². The molecule has 544 valence electrons. The van der Waals surface area contributed by atoms with Gasteiger partial charge in [-0.1, -0.05) is 218 Å². The fourth-order valence-electron chi connectivity index (χ4n) is 8.36. The maximum absolute atomic E-state index is 12.7. The monoisotopic (exact) mass is 1470 g/mol. The van der Waals surface area contributed by atoms with Gasteiger partial charge in [-0.3, -0.25) is 31.7 Å². The van der Waals surface area contributed by atoms with Crippen molar-refractivity contribution in [3.63, 3.8) is 0 Å². The van der Waals surface area contributed by atoms with E-state index >= 15 is 0 Å². The van der Waals surface area contributed by atoms with Gasteiger partial charge in [-0.05, 0) is 80.5 Å². The first-order chi connectivity index (χ1) is 42.3. The van der Waals surface area contributed by atoms with Crippen molar-refractivity contribution in [2.45, 2.75) is 251 Å². The zero-order chi connectivity index (χ0) is 69.6. The van der Waals surface area contributed by atoms with Crippen LogP contribution in [0.25, 0.3) is 0 Å². The molecule has 0 heterocycles. The summed E-state index contributed by atoms with van der Waals surface area (Å²) in [5.74, 6) is 0.872. The fraction of sp³-hybridized carbons (Fsp3) is 0.933. The molecule has 0 aromatic rings. The molecule has 0 aromatic carbocycles. The Bertz CT molecular complexity index is 1720. The molecule has 0 saturated heterocycles. The molecule has 7 atom stereocenters. The Morgan fingerprint density at radius 2 is 0.604 bits per heavy atom. The van der Waals surface area contributed by atoms with Crippen LogP contribution < -0.4 is 10.00 Å². The third-order valence-corrected chi connectivity index (χ3v) is 22.7. The first-order valence-corrected chi connectivity index (χ1v) is 42.2. The molecule has 0 rings (SSSR count). The van der Waals surface area contributed by atoms with Gasteiger partial charge >= 0.3 is 60.8 Å². The van der Waals surface area contributed by atoms with Crippen molar-refractivity contribution in [2.75, 3.05) is 72.7 Å². The van der Waals surface area contributed by atoms with Crippen molar-refractivity contribution in [2.24, 2.45) is 40.9 Å². The largest absolute Gasteiger partial charge is 4.00 e. The average molecular weight is 1470 g/mol. The van der Waals surface area contributed by atoms with E-state index in [1.807, 2.05) is 48.5 Å². The van der Waals surface area contributed by atoms with E-state index < -0.39 is 52.4 Å². The Balaban J connectivity index is -0.000000366. The summed E-state index contributed by atoms with van der Waals surface area (Å²) in [5, 5.41) is 11.2. The molecule has 91 heavy (non-hydrogen) atoms. The SMILES string of the molecule is C=CCOCC(CC)(C[O-])COCC=C.CCCCC(CC)COP(=O)(OCC(CC)CCCC)OP(=O)(O)O.CCCCC(CC)COP(=O)(OCC(CC)CCCC)OP(=O)(O)O.CCCCC(CC)COP(=O)(OCC(CC)CCCC)OP(=O)([O-])O.[Ti+4]. The smallest absolute Gasteiger partial charge is 0.854 e. The minimum Gasteiger partial charge on any atom is -0.854 e. The summed E-state index contributed by atoms with van der Waals surface area (Å²) in [6.45, 7) is 35.7. The predicted octanol–water partition coefficient (Wildman–Crippen LogP) is 17.5. The maximum Gasteiger partial charge on any atom is 4.00 e. The molecule has 0 aliphatic carbocycles. The van der Waals surface area contributed by atoms with Gasteiger partial charge in [0.25, 0.3) is 7.82 Å². The molecular weight excluding hydrogens is 1340 g/mol. The zero-order valence-corrected chi connectivity index (χ0v) is 65.1. The minimum atomic E-state index is -5.23. The third kappa shape index (κ3) is 60.5. The number of phosphoric ester groups is 3. The first-order valence-electron chi connectivity index (χ1n) is 33.2. The second-order valence-corrected chi connectivity index (χ2v) is 32.0. The van der Waals surface area contributed by atoms with E-state index in [1.54, 1.807) is 12.2 Å². The molecule has 0 fully saturated rings. The summed E-state index contributed by atoms with van der Waals surface area (Å²) in [7, 11) is -28.2. The van der Waals surface area contributed by atoms with Crippen molar-refractivity contribution in [3.05, 3.63) is 25.3 Å². The molecule has 0 spiro atoms. The van der Waals surface area contributed by atoms with E-state index in [2.05, 4.69) is 67.6 Å². The van der Waals surface area contributed by atoms with Crippen molar-refractivity contribution in [1.82, 2.24) is 0 Å². The molecule has 0 aliphatic rings. The number of ether oxygens (including phenoxy) is 2. The summed E-state index contributed by atoms with van der Waals surface area (Å²) in [5.41, 5.74) is -0.411. The number of phosphoric acid groups is 6. The topological polar surface area (TPSA) is 351 Å². The van der Waals surface area contributed by atoms with Crippen molar-refractivity contribution < 1.29 is 133 Å². The molecule has 7 unspecified atom stereocenters. The Morgan fingerprint density at radius 1 is 0.396 bits per heavy atom. The second-order valence-electron chi connectivity index (χ2n) is 22.9. The molecule has 0 saturated carbocycles. The average Bonchev–Trinajstić information content (AvgIpc) is 2.12. The second kappa shape index (κ2) is 60.8. The Hall–Kier alpha value is 0.854. The van der Waals surface area contributed by atoms with Crippen LogP contribution in [-0.2, 0) is 98.7 Å². The molecule has 31 heteroatoms. The van der Waals surface area contributed by atoms with Gasteiger partial charge in [-0.2, -0.15) is 8.62 Å². The number of hydrogen-bond acceptors (Lipinski definition) is 19. The van der Waals surface area contributed by atoms with Gasteiger partial charge in [0.05, 0.1) is 66.1 Å². The van der Waals surface area contributed by atoms with Crippen LogP contribution >= 0.6 is 46.9 Å². The van der Waals surface area contributed by atoms with E-state index in [1.165, 1.54) is 0 Å². The predicted molar refractivity (Wildman–Crippen MR) is 355 cm³/mol. The minimum absolute atomic E-state index is 0. The van der Waals surface area contributed by atoms with E-state index in [4.69, 9.17) is 61.1 Å². The first kappa shape index (κ1) is 101. The Morgan fingerprint density at radius 3 is 0.747 bits per heavy atom. The van der Waals surface area contributed by atoms with Gasteiger partial charge in [0.1, 0.15) is 0 Å². The van der Waals surface area contributed by atoms with Crippen LogP contribution in [0.15, 0.2) is 25.3 Å². The Kier molecular flexibility index (Phi) is 67.1. The molecule has 0 amide bonds. The summed E-state index contributed by atoms with van der Waals surface area (Å²) >= 11 is 0. The van der Waals surface area contributed by atoms with Gasteiger partial charge in [0, 0.05) is 5.41 Å². The summed E-state index contributed by atoms with van der Waals surface area (Å²) in [6, 6.07) is 0. The Labute approximate surface area is 566 Å². The van der Waals surface area contributed by atoms with Crippen LogP contribution in [0.2, 0.25) is 0 Å². The van der Waals surface area contributed by atoms with Gasteiger partial charge in [-0.15, -0.1) is 19.8 Å². The standard InChI is InChI=1S/3C16H36O7P2.C12H21O3.Ti/c3*1-5-9-11-15(7-3)13-21-25(20,23-24(17,18)19)22-14-16(8-4)12-10-6-2;1-4-7-14-10-12(6-3,9-13)11-15-8-5-2;/h3*15-16H,5-14H2,1-4H3,(H2,17,18,19);4-5H,1-2,6-11H2,3H3;/q;;;-1;+4/p-1. The molecular formula is C60H128O24P6Ti+2. The van der Waals surface area contributed by atoms with Crippen LogP contribution in [0.4, 0.5) is 0 Å². The molecule has 0 aliphatic heterocycles. The molecule has 0 bridgehead atoms. The number of rotatable bonds is 58. The number of hydrogen-bond donors (Lipinski definition) is 5. The summed E-state index contributed by atoms with van der Waals surface area (Å²) in [6.07, 6.45) is 26.7. The van der Waals surface area contributed by atoms with E-state index in [-0.39, 0.29) is 103 Å².